The molecule has 2 aromatic rings. The number of nitrogens with one attached hydrogen (secondary N) is 1. The molecular formula is C17H24N2. The van der Waals surface area contributed by atoms with Gasteiger partial charge in [0.25, 0.3) is 0 Å². The number of nitrogens with two attached hydrogens (primary N) is 1. The van der Waals surface area contributed by atoms with Gasteiger partial charge in [0, 0.05) is 12.6 Å². The summed E-state index contributed by atoms with van der Waals surface area (Å²) in [6.07, 6.45) is 1.05. The highest BCUT2D eigenvalue weighted by molar-refractivity contribution is 5.82. The third-order valence-electron chi connectivity index (χ3n) is 3.69. The fourth-order valence-corrected chi connectivity index (χ4v) is 2.39. The molecule has 0 saturated heterocycles. The summed E-state index contributed by atoms with van der Waals surface area (Å²) in [5.74, 6) is 0.585. The Morgan fingerprint density at radius 1 is 1.05 bits per heavy atom. The van der Waals surface area contributed by atoms with Crippen molar-refractivity contribution in [2.45, 2.75) is 26.3 Å². The lowest BCUT2D eigenvalue weighted by Gasteiger charge is -2.20. The number of benzene rings is 2. The van der Waals surface area contributed by atoms with Crippen LogP contribution in [0.5, 0.6) is 0 Å². The van der Waals surface area contributed by atoms with Crippen molar-refractivity contribution < 1.29 is 0 Å². The second-order valence-corrected chi connectivity index (χ2v) is 5.47. The maximum absolute atomic E-state index is 5.77. The molecule has 1 atom stereocenters. The first-order chi connectivity index (χ1) is 9.20. The van der Waals surface area contributed by atoms with Gasteiger partial charge < -0.3 is 11.1 Å². The summed E-state index contributed by atoms with van der Waals surface area (Å²) in [6.45, 7) is 6.11. The molecule has 19 heavy (non-hydrogen) atoms. The van der Waals surface area contributed by atoms with Crippen molar-refractivity contribution in [3.63, 3.8) is 0 Å². The van der Waals surface area contributed by atoms with Crippen LogP contribution in [0.25, 0.3) is 10.8 Å². The van der Waals surface area contributed by atoms with Crippen LogP contribution in [0.1, 0.15) is 19.4 Å². The standard InChI is InChI=1S/C17H24N2/c1-13(2)17(12-18)19-10-9-14-7-8-15-5-3-4-6-16(15)11-14/h3-8,11,13,17,19H,9-10,12,18H2,1-2H3. The summed E-state index contributed by atoms with van der Waals surface area (Å²) in [7, 11) is 0. The number of hydrogen-bond acceptors (Lipinski definition) is 2. The van der Waals surface area contributed by atoms with E-state index in [9.17, 15) is 0 Å². The van der Waals surface area contributed by atoms with E-state index in [4.69, 9.17) is 5.73 Å². The van der Waals surface area contributed by atoms with Crippen LogP contribution in [0.15, 0.2) is 42.5 Å². The SMILES string of the molecule is CC(C)C(CN)NCCc1ccc2ccccc2c1. The molecule has 0 fully saturated rings. The maximum atomic E-state index is 5.77. The van der Waals surface area contributed by atoms with Crippen molar-refractivity contribution in [2.24, 2.45) is 11.7 Å². The summed E-state index contributed by atoms with van der Waals surface area (Å²) in [5.41, 5.74) is 7.15. The summed E-state index contributed by atoms with van der Waals surface area (Å²) < 4.78 is 0. The molecule has 0 radical (unpaired) electrons. The minimum absolute atomic E-state index is 0.417. The van der Waals surface area contributed by atoms with Crippen molar-refractivity contribution in [1.82, 2.24) is 5.32 Å². The quantitative estimate of drug-likeness (QED) is 0.834. The highest BCUT2D eigenvalue weighted by Gasteiger charge is 2.09. The average molecular weight is 256 g/mol. The molecule has 3 N–H and O–H groups in total. The maximum Gasteiger partial charge on any atom is 0.0213 e. The van der Waals surface area contributed by atoms with Crippen LogP contribution in [0.3, 0.4) is 0 Å². The van der Waals surface area contributed by atoms with Gasteiger partial charge in [-0.3, -0.25) is 0 Å². The van der Waals surface area contributed by atoms with Gasteiger partial charge in [-0.05, 0) is 35.2 Å². The lowest BCUT2D eigenvalue weighted by atomic mass is 10.0. The molecule has 102 valence electrons. The molecule has 0 aromatic heterocycles. The van der Waals surface area contributed by atoms with E-state index in [1.54, 1.807) is 0 Å². The fraction of sp³-hybridized carbons (Fsp3) is 0.412. The Morgan fingerprint density at radius 3 is 2.47 bits per heavy atom. The highest BCUT2D eigenvalue weighted by atomic mass is 14.9. The Balaban J connectivity index is 1.94. The van der Waals surface area contributed by atoms with E-state index in [0.29, 0.717) is 18.5 Å². The molecule has 0 aliphatic rings. The van der Waals surface area contributed by atoms with Gasteiger partial charge in [-0.2, -0.15) is 0 Å². The number of rotatable bonds is 6. The number of hydrogen-bond donors (Lipinski definition) is 2. The van der Waals surface area contributed by atoms with Gasteiger partial charge in [-0.25, -0.2) is 0 Å². The first-order valence-electron chi connectivity index (χ1n) is 7.12. The van der Waals surface area contributed by atoms with Crippen LogP contribution in [-0.2, 0) is 6.42 Å². The third-order valence-corrected chi connectivity index (χ3v) is 3.69. The Hall–Kier alpha value is -1.38. The smallest absolute Gasteiger partial charge is 0.0213 e. The second-order valence-electron chi connectivity index (χ2n) is 5.47. The van der Waals surface area contributed by atoms with Crippen LogP contribution in [0.2, 0.25) is 0 Å². The topological polar surface area (TPSA) is 38.0 Å². The predicted molar refractivity (Wildman–Crippen MR) is 83.3 cm³/mol. The van der Waals surface area contributed by atoms with Gasteiger partial charge in [-0.1, -0.05) is 56.3 Å². The minimum Gasteiger partial charge on any atom is -0.329 e. The highest BCUT2D eigenvalue weighted by Crippen LogP contribution is 2.15. The molecule has 2 aromatic carbocycles. The molecule has 0 aliphatic carbocycles. The second kappa shape index (κ2) is 6.69. The lowest BCUT2D eigenvalue weighted by Crippen LogP contribution is -2.41. The van der Waals surface area contributed by atoms with E-state index in [-0.39, 0.29) is 0 Å². The van der Waals surface area contributed by atoms with Crippen molar-refractivity contribution in [3.05, 3.63) is 48.0 Å². The van der Waals surface area contributed by atoms with Crippen molar-refractivity contribution in [3.8, 4) is 0 Å². The van der Waals surface area contributed by atoms with E-state index >= 15 is 0 Å². The van der Waals surface area contributed by atoms with Gasteiger partial charge in [0.15, 0.2) is 0 Å². The summed E-state index contributed by atoms with van der Waals surface area (Å²) >= 11 is 0. The van der Waals surface area contributed by atoms with E-state index in [0.717, 1.165) is 13.0 Å². The van der Waals surface area contributed by atoms with E-state index in [1.165, 1.54) is 16.3 Å². The molecule has 1 unspecified atom stereocenters. The number of fused-ring (bicyclic) bond motifs is 1. The normalized spacial score (nSPS) is 13.1. The molecular weight excluding hydrogens is 232 g/mol. The summed E-state index contributed by atoms with van der Waals surface area (Å²) in [4.78, 5) is 0. The van der Waals surface area contributed by atoms with E-state index in [2.05, 4.69) is 61.6 Å². The largest absolute Gasteiger partial charge is 0.329 e. The summed E-state index contributed by atoms with van der Waals surface area (Å²) in [6, 6.07) is 15.6. The molecule has 2 nitrogen and oxygen atoms in total. The predicted octanol–water partition coefficient (Wildman–Crippen LogP) is 2.96. The van der Waals surface area contributed by atoms with E-state index < -0.39 is 0 Å². The van der Waals surface area contributed by atoms with Crippen LogP contribution in [-0.4, -0.2) is 19.1 Å². The van der Waals surface area contributed by atoms with Crippen LogP contribution < -0.4 is 11.1 Å². The molecule has 0 heterocycles. The molecule has 0 amide bonds. The van der Waals surface area contributed by atoms with Crippen LogP contribution in [0, 0.1) is 5.92 Å². The molecule has 2 rings (SSSR count). The zero-order valence-corrected chi connectivity index (χ0v) is 11.9. The molecule has 0 saturated carbocycles. The Bertz CT molecular complexity index is 519. The Labute approximate surface area is 116 Å². The molecule has 0 spiro atoms. The first-order valence-corrected chi connectivity index (χ1v) is 7.12. The van der Waals surface area contributed by atoms with Crippen molar-refractivity contribution >= 4 is 10.8 Å². The van der Waals surface area contributed by atoms with E-state index in [1.807, 2.05) is 0 Å². The van der Waals surface area contributed by atoms with Gasteiger partial charge in [0.2, 0.25) is 0 Å². The molecule has 0 bridgehead atoms. The van der Waals surface area contributed by atoms with Gasteiger partial charge in [0.1, 0.15) is 0 Å². The summed E-state index contributed by atoms with van der Waals surface area (Å²) in [5, 5.41) is 6.17. The van der Waals surface area contributed by atoms with Gasteiger partial charge >= 0.3 is 0 Å². The van der Waals surface area contributed by atoms with Crippen molar-refractivity contribution in [1.29, 1.82) is 0 Å². The van der Waals surface area contributed by atoms with Gasteiger partial charge in [0.05, 0.1) is 0 Å². The minimum atomic E-state index is 0.417. The average Bonchev–Trinajstić information content (AvgIpc) is 2.43. The Kier molecular flexibility index (Phi) is 4.94. The zero-order chi connectivity index (χ0) is 13.7. The first kappa shape index (κ1) is 14.0. The third kappa shape index (κ3) is 3.79. The lowest BCUT2D eigenvalue weighted by molar-refractivity contribution is 0.409. The van der Waals surface area contributed by atoms with Gasteiger partial charge in [-0.15, -0.1) is 0 Å². The molecule has 2 heteroatoms. The molecule has 0 aliphatic heterocycles. The Morgan fingerprint density at radius 2 is 1.79 bits per heavy atom. The van der Waals surface area contributed by atoms with Crippen LogP contribution >= 0.6 is 0 Å². The fourth-order valence-electron chi connectivity index (χ4n) is 2.39. The zero-order valence-electron chi connectivity index (χ0n) is 11.9. The van der Waals surface area contributed by atoms with Crippen LogP contribution in [0.4, 0.5) is 0 Å². The monoisotopic (exact) mass is 256 g/mol. The van der Waals surface area contributed by atoms with Crippen molar-refractivity contribution in [2.75, 3.05) is 13.1 Å².